The van der Waals surface area contributed by atoms with Gasteiger partial charge < -0.3 is 29.0 Å². The molecule has 148 valence electrons. The average molecular weight is 398 g/mol. The molecule has 0 bridgehead atoms. The van der Waals surface area contributed by atoms with Crippen LogP contribution in [-0.2, 0) is 28.5 Å². The number of nitrogens with one attached hydrogen (secondary N) is 1. The molecule has 27 heavy (non-hydrogen) atoms. The number of rotatable bonds is 2. The molecule has 0 unspecified atom stereocenters. The molecule has 3 aliphatic rings. The number of hydrogen-bond acceptors (Lipinski definition) is 6. The van der Waals surface area contributed by atoms with E-state index in [1.165, 1.54) is 0 Å². The number of carbonyl (C=O) groups is 1. The van der Waals surface area contributed by atoms with Crippen LogP contribution in [-0.4, -0.2) is 48.2 Å². The third-order valence-corrected chi connectivity index (χ3v) is 5.26. The number of carbonyl (C=O) groups excluding carboxylic acids is 1. The van der Waals surface area contributed by atoms with E-state index in [1.807, 2.05) is 13.0 Å². The van der Waals surface area contributed by atoms with E-state index in [0.717, 1.165) is 5.56 Å². The van der Waals surface area contributed by atoms with Crippen LogP contribution in [0.5, 0.6) is 0 Å². The molecule has 3 heterocycles. The van der Waals surface area contributed by atoms with E-state index in [0.29, 0.717) is 10.7 Å². The van der Waals surface area contributed by atoms with Crippen LogP contribution >= 0.6 is 11.6 Å². The molecule has 3 fully saturated rings. The molecule has 5 atom stereocenters. The highest BCUT2D eigenvalue weighted by Crippen LogP contribution is 2.44. The molecule has 7 nitrogen and oxygen atoms in total. The topological polar surface area (TPSA) is 75.3 Å². The first-order valence-electron chi connectivity index (χ1n) is 8.98. The molecule has 1 aromatic carbocycles. The van der Waals surface area contributed by atoms with Crippen LogP contribution in [0, 0.1) is 6.92 Å². The van der Waals surface area contributed by atoms with Gasteiger partial charge in [0.2, 0.25) is 0 Å². The van der Waals surface area contributed by atoms with Crippen molar-refractivity contribution in [3.63, 3.8) is 0 Å². The van der Waals surface area contributed by atoms with Crippen LogP contribution in [0.15, 0.2) is 18.2 Å². The Morgan fingerprint density at radius 1 is 1.00 bits per heavy atom. The van der Waals surface area contributed by atoms with Gasteiger partial charge in [-0.15, -0.1) is 0 Å². The minimum absolute atomic E-state index is 0.349. The van der Waals surface area contributed by atoms with E-state index >= 15 is 0 Å². The summed E-state index contributed by atoms with van der Waals surface area (Å²) in [6, 6.07) is 5.33. The van der Waals surface area contributed by atoms with Crippen molar-refractivity contribution < 1.29 is 28.5 Å². The first kappa shape index (κ1) is 19.1. The van der Waals surface area contributed by atoms with Crippen LogP contribution in [0.25, 0.3) is 0 Å². The molecule has 3 aliphatic heterocycles. The summed E-state index contributed by atoms with van der Waals surface area (Å²) >= 11 is 6.15. The largest absolute Gasteiger partial charge is 0.342 e. The Hall–Kier alpha value is -1.22. The van der Waals surface area contributed by atoms with Crippen LogP contribution in [0.2, 0.25) is 5.02 Å². The predicted molar refractivity (Wildman–Crippen MR) is 97.3 cm³/mol. The summed E-state index contributed by atoms with van der Waals surface area (Å²) < 4.78 is 29.7. The molecule has 1 aromatic rings. The van der Waals surface area contributed by atoms with Crippen molar-refractivity contribution in [2.75, 3.05) is 5.32 Å². The van der Waals surface area contributed by atoms with Gasteiger partial charge in [0.15, 0.2) is 24.0 Å². The molecule has 0 spiro atoms. The van der Waals surface area contributed by atoms with Crippen LogP contribution in [0.4, 0.5) is 5.69 Å². The number of amides is 1. The van der Waals surface area contributed by atoms with Crippen molar-refractivity contribution in [1.29, 1.82) is 0 Å². The first-order valence-corrected chi connectivity index (χ1v) is 9.36. The van der Waals surface area contributed by atoms with Gasteiger partial charge in [0.1, 0.15) is 18.3 Å². The first-order chi connectivity index (χ1) is 12.5. The molecule has 8 heteroatoms. The van der Waals surface area contributed by atoms with Crippen molar-refractivity contribution in [3.8, 4) is 0 Å². The molecular weight excluding hydrogens is 374 g/mol. The van der Waals surface area contributed by atoms with Gasteiger partial charge >= 0.3 is 0 Å². The number of halogens is 1. The van der Waals surface area contributed by atoms with Crippen LogP contribution in [0.3, 0.4) is 0 Å². The van der Waals surface area contributed by atoms with Gasteiger partial charge in [0.05, 0.1) is 0 Å². The summed E-state index contributed by atoms with van der Waals surface area (Å²) in [5.41, 5.74) is 1.51. The normalized spacial score (nSPS) is 36.1. The molecule has 0 radical (unpaired) electrons. The van der Waals surface area contributed by atoms with E-state index in [4.69, 9.17) is 35.3 Å². The fraction of sp³-hybridized carbons (Fsp3) is 0.632. The summed E-state index contributed by atoms with van der Waals surface area (Å²) in [6.45, 7) is 9.10. The van der Waals surface area contributed by atoms with E-state index in [1.54, 1.807) is 39.8 Å². The highest BCUT2D eigenvalue weighted by atomic mass is 35.5. The van der Waals surface area contributed by atoms with E-state index in [9.17, 15) is 4.79 Å². The van der Waals surface area contributed by atoms with Crippen molar-refractivity contribution in [3.05, 3.63) is 28.8 Å². The second-order valence-corrected chi connectivity index (χ2v) is 8.45. The summed E-state index contributed by atoms with van der Waals surface area (Å²) in [7, 11) is 0. The Morgan fingerprint density at radius 2 is 1.63 bits per heavy atom. The van der Waals surface area contributed by atoms with Crippen LogP contribution in [0.1, 0.15) is 33.3 Å². The van der Waals surface area contributed by atoms with Gasteiger partial charge in [-0.05, 0) is 52.3 Å². The van der Waals surface area contributed by atoms with Crippen LogP contribution < -0.4 is 5.32 Å². The molecule has 0 saturated carbocycles. The Labute approximate surface area is 163 Å². The summed E-state index contributed by atoms with van der Waals surface area (Å²) in [4.78, 5) is 13.0. The minimum atomic E-state index is -0.907. The van der Waals surface area contributed by atoms with E-state index in [2.05, 4.69) is 5.32 Å². The van der Waals surface area contributed by atoms with Gasteiger partial charge in [-0.2, -0.15) is 0 Å². The zero-order chi connectivity index (χ0) is 19.6. The Bertz CT molecular complexity index is 767. The standard InChI is InChI=1S/C19H24ClNO6/c1-9-6-7-10(8-11(9)20)21-16(22)14-12-13(25-18(2,3)24-12)15-17(23-14)27-19(4,5)26-15/h6-8,12-15,17H,1-5H3,(H,21,22)/t12-,13-,14+,15-,17+/m0/s1. The van der Waals surface area contributed by atoms with Crippen molar-refractivity contribution in [2.45, 2.75) is 76.9 Å². The summed E-state index contributed by atoms with van der Waals surface area (Å²) in [5, 5.41) is 3.42. The van der Waals surface area contributed by atoms with Gasteiger partial charge in [0, 0.05) is 10.7 Å². The second kappa shape index (κ2) is 6.40. The quantitative estimate of drug-likeness (QED) is 0.826. The lowest BCUT2D eigenvalue weighted by atomic mass is 9.98. The Kier molecular flexibility index (Phi) is 4.53. The number of aryl methyl sites for hydroxylation is 1. The predicted octanol–water partition coefficient (Wildman–Crippen LogP) is 2.98. The van der Waals surface area contributed by atoms with E-state index < -0.39 is 42.3 Å². The maximum absolute atomic E-state index is 13.0. The zero-order valence-electron chi connectivity index (χ0n) is 15.9. The van der Waals surface area contributed by atoms with Gasteiger partial charge in [0.25, 0.3) is 5.91 Å². The summed E-state index contributed by atoms with van der Waals surface area (Å²) in [5.74, 6) is -2.03. The third-order valence-electron chi connectivity index (χ3n) is 4.85. The molecule has 1 amide bonds. The van der Waals surface area contributed by atoms with Gasteiger partial charge in [-0.3, -0.25) is 4.79 Å². The zero-order valence-corrected chi connectivity index (χ0v) is 16.7. The molecule has 1 N–H and O–H groups in total. The minimum Gasteiger partial charge on any atom is -0.342 e. The van der Waals surface area contributed by atoms with Crippen molar-refractivity contribution in [2.24, 2.45) is 0 Å². The smallest absolute Gasteiger partial charge is 0.256 e. The Balaban J connectivity index is 1.57. The monoisotopic (exact) mass is 397 g/mol. The lowest BCUT2D eigenvalue weighted by Crippen LogP contribution is -2.58. The number of fused-ring (bicyclic) bond motifs is 3. The van der Waals surface area contributed by atoms with E-state index in [-0.39, 0.29) is 5.91 Å². The molecule has 4 rings (SSSR count). The molecule has 3 saturated heterocycles. The number of benzene rings is 1. The summed E-state index contributed by atoms with van der Waals surface area (Å²) in [6.07, 6.45) is -3.17. The molecule has 0 aliphatic carbocycles. The lowest BCUT2D eigenvalue weighted by Gasteiger charge is -2.36. The highest BCUT2D eigenvalue weighted by molar-refractivity contribution is 6.31. The van der Waals surface area contributed by atoms with Crippen molar-refractivity contribution in [1.82, 2.24) is 0 Å². The third kappa shape index (κ3) is 3.60. The number of ether oxygens (including phenoxy) is 5. The molecular formula is C19H24ClNO6. The highest BCUT2D eigenvalue weighted by Gasteiger charge is 2.62. The fourth-order valence-electron chi connectivity index (χ4n) is 3.71. The van der Waals surface area contributed by atoms with Gasteiger partial charge in [-0.1, -0.05) is 17.7 Å². The maximum Gasteiger partial charge on any atom is 0.256 e. The van der Waals surface area contributed by atoms with Crippen molar-refractivity contribution >= 4 is 23.2 Å². The average Bonchev–Trinajstić information content (AvgIpc) is 3.04. The number of anilines is 1. The Morgan fingerprint density at radius 3 is 2.33 bits per heavy atom. The SMILES string of the molecule is Cc1ccc(NC(=O)[C@@H]2O[C@@H]3OC(C)(C)O[C@H]3[C@H]3OC(C)(C)O[C@@H]32)cc1Cl. The molecule has 0 aromatic heterocycles. The fourth-order valence-corrected chi connectivity index (χ4v) is 3.89. The number of hydrogen-bond donors (Lipinski definition) is 1. The maximum atomic E-state index is 13.0. The van der Waals surface area contributed by atoms with Gasteiger partial charge in [-0.25, -0.2) is 0 Å². The lowest BCUT2D eigenvalue weighted by molar-refractivity contribution is -0.229. The second-order valence-electron chi connectivity index (χ2n) is 8.04.